The van der Waals surface area contributed by atoms with Crippen LogP contribution in [0.4, 0.5) is 0 Å². The van der Waals surface area contributed by atoms with Gasteiger partial charge >= 0.3 is 0 Å². The van der Waals surface area contributed by atoms with Crippen molar-refractivity contribution in [3.63, 3.8) is 0 Å². The van der Waals surface area contributed by atoms with E-state index in [-0.39, 0.29) is 0 Å². The third kappa shape index (κ3) is 25.7. The summed E-state index contributed by atoms with van der Waals surface area (Å²) in [5.41, 5.74) is 24.4. The van der Waals surface area contributed by atoms with E-state index in [2.05, 4.69) is 270 Å². The predicted octanol–water partition coefficient (Wildman–Crippen LogP) is 29.7. The van der Waals surface area contributed by atoms with E-state index in [1.165, 1.54) is 216 Å². The lowest BCUT2D eigenvalue weighted by Gasteiger charge is -2.29. The van der Waals surface area contributed by atoms with Crippen LogP contribution in [0.1, 0.15) is 274 Å². The second kappa shape index (κ2) is 40.0. The summed E-state index contributed by atoms with van der Waals surface area (Å²) in [6.07, 6.45) is 29.4. The van der Waals surface area contributed by atoms with Gasteiger partial charge in [0.05, 0.1) is 0 Å². The van der Waals surface area contributed by atoms with Crippen LogP contribution in [-0.2, 0) is 38.5 Å². The van der Waals surface area contributed by atoms with Crippen molar-refractivity contribution in [3.05, 3.63) is 179 Å². The van der Waals surface area contributed by atoms with Crippen LogP contribution >= 0.6 is 0 Å². The Morgan fingerprint density at radius 1 is 0.146 bits per heavy atom. The number of hydrogen-bond acceptors (Lipinski definition) is 0. The highest BCUT2D eigenvalue weighted by atomic mass is 14.3. The Morgan fingerprint density at radius 3 is 0.365 bits per heavy atom. The number of hydrogen-bond donors (Lipinski definition) is 0. The molecule has 7 rings (SSSR count). The SMILES string of the molecule is CC(C)CCC(C)CCc1ccc(-c2c(-c3ccc(CCC(C)CCC(C)C)cc3)c(-c3ccc(CCC(C)CCC(C)C)cc3)c(-c3ccc(CCC(C)CCC(C)C)cc3)c(-c3ccc(CCC(C)CCC(C)C)cc3)c2-c2ccc(CCC(C)CCC(C)C)cc2)cc1. The molecule has 0 nitrogen and oxygen atoms in total. The fraction of sp³-hybridized carbons (Fsp3) is 0.562. The first kappa shape index (κ1) is 77.9. The molecular weight excluding hydrogens is 1150 g/mol. The van der Waals surface area contributed by atoms with Crippen LogP contribution in [0, 0.1) is 71.0 Å². The van der Waals surface area contributed by atoms with E-state index in [0.29, 0.717) is 35.5 Å². The van der Waals surface area contributed by atoms with Crippen LogP contribution in [0.3, 0.4) is 0 Å². The van der Waals surface area contributed by atoms with E-state index in [1.54, 1.807) is 0 Å². The molecule has 0 fully saturated rings. The van der Waals surface area contributed by atoms with Gasteiger partial charge in [-0.3, -0.25) is 0 Å². The zero-order chi connectivity index (χ0) is 69.3. The topological polar surface area (TPSA) is 0 Å². The molecule has 0 radical (unpaired) electrons. The van der Waals surface area contributed by atoms with Crippen LogP contribution < -0.4 is 0 Å². The van der Waals surface area contributed by atoms with Gasteiger partial charge in [0.2, 0.25) is 0 Å². The van der Waals surface area contributed by atoms with E-state index in [1.807, 2.05) is 0 Å². The summed E-state index contributed by atoms with van der Waals surface area (Å²) < 4.78 is 0. The molecule has 0 heterocycles. The second-order valence-electron chi connectivity index (χ2n) is 34.1. The molecule has 0 spiro atoms. The molecule has 0 aromatic heterocycles. The number of aryl methyl sites for hydroxylation is 6. The molecule has 0 amide bonds. The molecule has 0 bridgehead atoms. The lowest BCUT2D eigenvalue weighted by Crippen LogP contribution is -2.04. The minimum atomic E-state index is 0.701. The van der Waals surface area contributed by atoms with Gasteiger partial charge in [-0.1, -0.05) is 347 Å². The summed E-state index contributed by atoms with van der Waals surface area (Å²) in [6, 6.07) is 60.2. The molecule has 0 saturated heterocycles. The van der Waals surface area contributed by atoms with Crippen molar-refractivity contribution in [2.75, 3.05) is 0 Å². The third-order valence-electron chi connectivity index (χ3n) is 21.9. The van der Waals surface area contributed by atoms with Crippen LogP contribution in [0.25, 0.3) is 66.8 Å². The Balaban J connectivity index is 1.57. The molecule has 6 atom stereocenters. The zero-order valence-corrected chi connectivity index (χ0v) is 64.8. The van der Waals surface area contributed by atoms with Crippen LogP contribution in [0.2, 0.25) is 0 Å². The molecule has 0 aliphatic carbocycles. The van der Waals surface area contributed by atoms with E-state index in [0.717, 1.165) is 74.0 Å². The van der Waals surface area contributed by atoms with Gasteiger partial charge < -0.3 is 0 Å². The van der Waals surface area contributed by atoms with Crippen molar-refractivity contribution in [3.8, 4) is 66.8 Å². The molecule has 6 unspecified atom stereocenters. The summed E-state index contributed by atoms with van der Waals surface area (Å²) >= 11 is 0. The molecule has 0 N–H and O–H groups in total. The van der Waals surface area contributed by atoms with Crippen molar-refractivity contribution in [2.24, 2.45) is 71.0 Å². The van der Waals surface area contributed by atoms with Crippen molar-refractivity contribution in [1.82, 2.24) is 0 Å². The lowest BCUT2D eigenvalue weighted by atomic mass is 9.73. The van der Waals surface area contributed by atoms with Crippen LogP contribution in [0.5, 0.6) is 0 Å². The van der Waals surface area contributed by atoms with Gasteiger partial charge in [-0.25, -0.2) is 0 Å². The first-order valence-electron chi connectivity index (χ1n) is 39.8. The maximum absolute atomic E-state index is 2.52. The van der Waals surface area contributed by atoms with Crippen LogP contribution in [-0.4, -0.2) is 0 Å². The van der Waals surface area contributed by atoms with E-state index in [9.17, 15) is 0 Å². The normalized spacial score (nSPS) is 14.0. The van der Waals surface area contributed by atoms with Gasteiger partial charge in [0.15, 0.2) is 0 Å². The molecule has 0 aliphatic heterocycles. The second-order valence-corrected chi connectivity index (χ2v) is 34.1. The van der Waals surface area contributed by atoms with Gasteiger partial charge in [0, 0.05) is 0 Å². The third-order valence-corrected chi connectivity index (χ3v) is 21.9. The highest BCUT2D eigenvalue weighted by Crippen LogP contribution is 2.56. The monoisotopic (exact) mass is 1290 g/mol. The van der Waals surface area contributed by atoms with Gasteiger partial charge in [0.25, 0.3) is 0 Å². The van der Waals surface area contributed by atoms with Crippen molar-refractivity contribution in [2.45, 2.75) is 279 Å². The van der Waals surface area contributed by atoms with Gasteiger partial charge in [-0.2, -0.15) is 0 Å². The molecule has 0 aliphatic rings. The largest absolute Gasteiger partial charge is 0.0628 e. The summed E-state index contributed by atoms with van der Waals surface area (Å²) in [4.78, 5) is 0. The predicted molar refractivity (Wildman–Crippen MR) is 428 cm³/mol. The minimum absolute atomic E-state index is 0.701. The number of benzene rings is 7. The van der Waals surface area contributed by atoms with Crippen molar-refractivity contribution < 1.29 is 0 Å². The maximum atomic E-state index is 2.52. The summed E-state index contributed by atoms with van der Waals surface area (Å²) in [7, 11) is 0. The Kier molecular flexibility index (Phi) is 32.4. The van der Waals surface area contributed by atoms with E-state index < -0.39 is 0 Å². The Bertz CT molecular complexity index is 2670. The fourth-order valence-corrected chi connectivity index (χ4v) is 14.6. The van der Waals surface area contributed by atoms with Crippen molar-refractivity contribution in [1.29, 1.82) is 0 Å². The molecule has 0 heteroatoms. The Morgan fingerprint density at radius 2 is 0.260 bits per heavy atom. The Labute approximate surface area is 591 Å². The first-order chi connectivity index (χ1) is 46.0. The van der Waals surface area contributed by atoms with Gasteiger partial charge in [-0.05, 0) is 248 Å². The maximum Gasteiger partial charge on any atom is -0.00139 e. The van der Waals surface area contributed by atoms with Crippen molar-refractivity contribution >= 4 is 0 Å². The fourth-order valence-electron chi connectivity index (χ4n) is 14.6. The standard InChI is InChI=1S/C96H138/c1-67(2)19-25-73(13)31-37-79-43-55-85(56-44-79)91-92(86-57-45-80(46-58-86)38-32-74(14)26-20-68(3)4)94(88-61-49-82(50-62-88)40-34-76(16)28-22-70(7)8)96(90-65-53-84(54-66-90)42-36-78(18)30-24-72(11)12)95(89-63-51-83(52-64-89)41-35-77(17)29-23-71(9)10)93(91)87-59-47-81(48-60-87)39-33-75(15)27-21-69(5)6/h43-78H,19-42H2,1-18H3. The average Bonchev–Trinajstić information content (AvgIpc) is 0.717. The quantitative estimate of drug-likeness (QED) is 0.0358. The minimum Gasteiger partial charge on any atom is -0.0628 e. The molecule has 0 saturated carbocycles. The molecule has 7 aromatic carbocycles. The highest BCUT2D eigenvalue weighted by molar-refractivity contribution is 6.15. The molecule has 522 valence electrons. The van der Waals surface area contributed by atoms with Gasteiger partial charge in [0.1, 0.15) is 0 Å². The first-order valence-corrected chi connectivity index (χ1v) is 39.8. The molecule has 7 aromatic rings. The molecule has 96 heavy (non-hydrogen) atoms. The average molecular weight is 1290 g/mol. The number of rotatable bonds is 42. The summed E-state index contributed by atoms with van der Waals surface area (Å²) in [6.45, 7) is 43.3. The zero-order valence-electron chi connectivity index (χ0n) is 64.8. The Hall–Kier alpha value is -5.46. The summed E-state index contributed by atoms with van der Waals surface area (Å²) in [5.74, 6) is 8.65. The van der Waals surface area contributed by atoms with Gasteiger partial charge in [-0.15, -0.1) is 0 Å². The smallest absolute Gasteiger partial charge is 0.00139 e. The lowest BCUT2D eigenvalue weighted by molar-refractivity contribution is 0.428. The highest BCUT2D eigenvalue weighted by Gasteiger charge is 2.30. The molecular formula is C96H138. The van der Waals surface area contributed by atoms with E-state index >= 15 is 0 Å². The summed E-state index contributed by atoms with van der Waals surface area (Å²) in [5, 5.41) is 0. The van der Waals surface area contributed by atoms with Crippen LogP contribution in [0.15, 0.2) is 146 Å². The van der Waals surface area contributed by atoms with E-state index in [4.69, 9.17) is 0 Å².